The molecule has 0 unspecified atom stereocenters. The Labute approximate surface area is 72.0 Å². The van der Waals surface area contributed by atoms with Crippen molar-refractivity contribution in [1.82, 2.24) is 9.55 Å². The van der Waals surface area contributed by atoms with Crippen LogP contribution in [0.5, 0.6) is 0 Å². The Morgan fingerprint density at radius 2 is 2.42 bits per heavy atom. The molecule has 0 bridgehead atoms. The molecule has 1 N–H and O–H groups in total. The van der Waals surface area contributed by atoms with E-state index in [9.17, 15) is 5.11 Å². The Kier molecular flexibility index (Phi) is 1.68. The smallest absolute Gasteiger partial charge is 0.111 e. The third kappa shape index (κ3) is 1.37. The molecule has 0 radical (unpaired) electrons. The predicted molar refractivity (Wildman–Crippen MR) is 45.8 cm³/mol. The van der Waals surface area contributed by atoms with Crippen LogP contribution in [0.2, 0.25) is 0 Å². The molecular formula is C9H14N2O. The van der Waals surface area contributed by atoms with Crippen LogP contribution in [-0.2, 0) is 13.0 Å². The molecule has 1 saturated carbocycles. The number of rotatable bonds is 3. The van der Waals surface area contributed by atoms with Crippen LogP contribution in [0.1, 0.15) is 25.6 Å². The van der Waals surface area contributed by atoms with Crippen LogP contribution in [0, 0.1) is 0 Å². The van der Waals surface area contributed by atoms with Crippen molar-refractivity contribution >= 4 is 0 Å². The molecule has 0 aromatic carbocycles. The van der Waals surface area contributed by atoms with E-state index < -0.39 is 5.60 Å². The Morgan fingerprint density at radius 1 is 1.67 bits per heavy atom. The topological polar surface area (TPSA) is 38.0 Å². The van der Waals surface area contributed by atoms with Crippen LogP contribution < -0.4 is 0 Å². The van der Waals surface area contributed by atoms with Gasteiger partial charge in [0.25, 0.3) is 0 Å². The highest BCUT2D eigenvalue weighted by molar-refractivity contribution is 5.05. The standard InChI is InChI=1S/C9H14N2O/c1-2-11-6-5-10-8(11)7-9(12)3-4-9/h5-6,12H,2-4,7H2,1H3. The van der Waals surface area contributed by atoms with Gasteiger partial charge in [0.05, 0.1) is 5.60 Å². The first-order valence-corrected chi connectivity index (χ1v) is 4.46. The summed E-state index contributed by atoms with van der Waals surface area (Å²) in [5, 5.41) is 9.67. The van der Waals surface area contributed by atoms with Gasteiger partial charge in [0.15, 0.2) is 0 Å². The molecule has 1 fully saturated rings. The van der Waals surface area contributed by atoms with Crippen LogP contribution >= 0.6 is 0 Å². The largest absolute Gasteiger partial charge is 0.389 e. The van der Waals surface area contributed by atoms with Crippen molar-refractivity contribution in [2.75, 3.05) is 0 Å². The first-order chi connectivity index (χ1) is 5.73. The summed E-state index contributed by atoms with van der Waals surface area (Å²) in [4.78, 5) is 4.22. The second-order valence-corrected chi connectivity index (χ2v) is 3.53. The summed E-state index contributed by atoms with van der Waals surface area (Å²) in [6.45, 7) is 3.02. The van der Waals surface area contributed by atoms with Gasteiger partial charge in [0.2, 0.25) is 0 Å². The zero-order chi connectivity index (χ0) is 8.60. The van der Waals surface area contributed by atoms with Gasteiger partial charge in [-0.3, -0.25) is 0 Å². The molecule has 2 rings (SSSR count). The second kappa shape index (κ2) is 2.59. The van der Waals surface area contributed by atoms with Gasteiger partial charge < -0.3 is 9.67 Å². The van der Waals surface area contributed by atoms with Crippen LogP contribution in [0.3, 0.4) is 0 Å². The number of hydrogen-bond acceptors (Lipinski definition) is 2. The lowest BCUT2D eigenvalue weighted by atomic mass is 10.2. The maximum Gasteiger partial charge on any atom is 0.111 e. The van der Waals surface area contributed by atoms with Gasteiger partial charge in [-0.25, -0.2) is 4.98 Å². The Hall–Kier alpha value is -0.830. The summed E-state index contributed by atoms with van der Waals surface area (Å²) in [5.74, 6) is 1.01. The van der Waals surface area contributed by atoms with E-state index in [2.05, 4.69) is 16.5 Å². The number of aryl methyl sites for hydroxylation is 1. The molecule has 12 heavy (non-hydrogen) atoms. The van der Waals surface area contributed by atoms with E-state index >= 15 is 0 Å². The normalized spacial score (nSPS) is 19.5. The summed E-state index contributed by atoms with van der Waals surface area (Å²) in [7, 11) is 0. The van der Waals surface area contributed by atoms with Gasteiger partial charge >= 0.3 is 0 Å². The highest BCUT2D eigenvalue weighted by Gasteiger charge is 2.41. The van der Waals surface area contributed by atoms with Crippen molar-refractivity contribution in [2.45, 2.75) is 38.3 Å². The summed E-state index contributed by atoms with van der Waals surface area (Å²) >= 11 is 0. The van der Waals surface area contributed by atoms with Crippen molar-refractivity contribution < 1.29 is 5.11 Å². The van der Waals surface area contributed by atoms with Crippen molar-refractivity contribution in [1.29, 1.82) is 0 Å². The maximum atomic E-state index is 9.67. The molecule has 1 aliphatic carbocycles. The van der Waals surface area contributed by atoms with Gasteiger partial charge in [-0.1, -0.05) is 0 Å². The molecule has 66 valence electrons. The van der Waals surface area contributed by atoms with Crippen molar-refractivity contribution in [2.24, 2.45) is 0 Å². The zero-order valence-electron chi connectivity index (χ0n) is 7.32. The monoisotopic (exact) mass is 166 g/mol. The maximum absolute atomic E-state index is 9.67. The van der Waals surface area contributed by atoms with E-state index in [-0.39, 0.29) is 0 Å². The first-order valence-electron chi connectivity index (χ1n) is 4.46. The van der Waals surface area contributed by atoms with Gasteiger partial charge in [0.1, 0.15) is 5.82 Å². The lowest BCUT2D eigenvalue weighted by Gasteiger charge is -2.08. The molecule has 3 nitrogen and oxygen atoms in total. The fourth-order valence-corrected chi connectivity index (χ4v) is 1.41. The van der Waals surface area contributed by atoms with Crippen molar-refractivity contribution in [3.05, 3.63) is 18.2 Å². The van der Waals surface area contributed by atoms with E-state index in [1.807, 2.05) is 6.20 Å². The summed E-state index contributed by atoms with van der Waals surface area (Å²) in [5.41, 5.74) is -0.418. The number of nitrogens with zero attached hydrogens (tertiary/aromatic N) is 2. The quantitative estimate of drug-likeness (QED) is 0.726. The summed E-state index contributed by atoms with van der Waals surface area (Å²) in [6, 6.07) is 0. The SMILES string of the molecule is CCn1ccnc1CC1(O)CC1. The fourth-order valence-electron chi connectivity index (χ4n) is 1.41. The predicted octanol–water partition coefficient (Wildman–Crippen LogP) is 0.970. The van der Waals surface area contributed by atoms with Crippen LogP contribution in [0.15, 0.2) is 12.4 Å². The number of hydrogen-bond donors (Lipinski definition) is 1. The highest BCUT2D eigenvalue weighted by atomic mass is 16.3. The van der Waals surface area contributed by atoms with E-state index in [0.29, 0.717) is 6.42 Å². The Balaban J connectivity index is 2.11. The van der Waals surface area contributed by atoms with Crippen LogP contribution in [0.25, 0.3) is 0 Å². The van der Waals surface area contributed by atoms with E-state index in [1.54, 1.807) is 6.20 Å². The number of aromatic nitrogens is 2. The van der Waals surface area contributed by atoms with E-state index in [1.165, 1.54) is 0 Å². The third-order valence-electron chi connectivity index (χ3n) is 2.46. The summed E-state index contributed by atoms with van der Waals surface area (Å²) < 4.78 is 2.08. The minimum atomic E-state index is -0.418. The van der Waals surface area contributed by atoms with E-state index in [4.69, 9.17) is 0 Å². The van der Waals surface area contributed by atoms with Gasteiger partial charge in [-0.05, 0) is 19.8 Å². The molecular weight excluding hydrogens is 152 g/mol. The molecule has 0 saturated heterocycles. The highest BCUT2D eigenvalue weighted by Crippen LogP contribution is 2.37. The van der Waals surface area contributed by atoms with Crippen molar-refractivity contribution in [3.8, 4) is 0 Å². The third-order valence-corrected chi connectivity index (χ3v) is 2.46. The van der Waals surface area contributed by atoms with Gasteiger partial charge in [-0.15, -0.1) is 0 Å². The van der Waals surface area contributed by atoms with Crippen LogP contribution in [-0.4, -0.2) is 20.3 Å². The number of imidazole rings is 1. The molecule has 1 aliphatic rings. The fraction of sp³-hybridized carbons (Fsp3) is 0.667. The Bertz CT molecular complexity index is 276. The molecule has 0 atom stereocenters. The second-order valence-electron chi connectivity index (χ2n) is 3.53. The molecule has 0 spiro atoms. The van der Waals surface area contributed by atoms with Gasteiger partial charge in [0, 0.05) is 25.4 Å². The summed E-state index contributed by atoms with van der Waals surface area (Å²) in [6.07, 6.45) is 6.34. The van der Waals surface area contributed by atoms with Crippen molar-refractivity contribution in [3.63, 3.8) is 0 Å². The average Bonchev–Trinajstić information content (AvgIpc) is 2.64. The molecule has 3 heteroatoms. The lowest BCUT2D eigenvalue weighted by molar-refractivity contribution is 0.147. The molecule has 1 aromatic heterocycles. The lowest BCUT2D eigenvalue weighted by Crippen LogP contribution is -2.15. The first kappa shape index (κ1) is 7.80. The molecule has 0 aliphatic heterocycles. The minimum absolute atomic E-state index is 0.418. The molecule has 1 aromatic rings. The van der Waals surface area contributed by atoms with Gasteiger partial charge in [-0.2, -0.15) is 0 Å². The average molecular weight is 166 g/mol. The van der Waals surface area contributed by atoms with Crippen LogP contribution in [0.4, 0.5) is 0 Å². The minimum Gasteiger partial charge on any atom is -0.389 e. The van der Waals surface area contributed by atoms with E-state index in [0.717, 1.165) is 25.2 Å². The number of aliphatic hydroxyl groups is 1. The Morgan fingerprint density at radius 3 is 3.00 bits per heavy atom. The molecule has 0 amide bonds. The zero-order valence-corrected chi connectivity index (χ0v) is 7.32. The molecule has 1 heterocycles.